The molecule has 1 aliphatic heterocycles. The number of nitrogens with zero attached hydrogens (tertiary/aromatic N) is 2. The van der Waals surface area contributed by atoms with Crippen molar-refractivity contribution in [3.8, 4) is 0 Å². The van der Waals surface area contributed by atoms with Gasteiger partial charge in [-0.05, 0) is 25.3 Å². The van der Waals surface area contributed by atoms with Gasteiger partial charge in [0.2, 0.25) is 10.0 Å². The molecule has 2 rings (SSSR count). The van der Waals surface area contributed by atoms with Gasteiger partial charge in [-0.3, -0.25) is 9.79 Å². The summed E-state index contributed by atoms with van der Waals surface area (Å²) >= 11 is 0. The van der Waals surface area contributed by atoms with Crippen molar-refractivity contribution in [3.63, 3.8) is 0 Å². The van der Waals surface area contributed by atoms with Crippen LogP contribution in [0.25, 0.3) is 0 Å². The van der Waals surface area contributed by atoms with E-state index in [9.17, 15) is 13.2 Å². The molecule has 0 spiro atoms. The number of piperidine rings is 1. The molecule has 0 atom stereocenters. The van der Waals surface area contributed by atoms with Crippen molar-refractivity contribution >= 4 is 22.0 Å². The molecule has 0 radical (unpaired) electrons. The Balaban J connectivity index is 1.85. The first-order valence-corrected chi connectivity index (χ1v) is 11.2. The van der Waals surface area contributed by atoms with E-state index in [2.05, 4.69) is 19.9 Å². The van der Waals surface area contributed by atoms with Gasteiger partial charge in [0.1, 0.15) is 0 Å². The van der Waals surface area contributed by atoms with E-state index >= 15 is 0 Å². The molecule has 0 amide bonds. The summed E-state index contributed by atoms with van der Waals surface area (Å²) in [5, 5.41) is 3.20. The molecule has 0 aliphatic carbocycles. The van der Waals surface area contributed by atoms with Gasteiger partial charge in [-0.15, -0.1) is 0 Å². The van der Waals surface area contributed by atoms with Crippen LogP contribution in [-0.2, 0) is 26.1 Å². The van der Waals surface area contributed by atoms with Crippen LogP contribution in [0.5, 0.6) is 0 Å². The van der Waals surface area contributed by atoms with Crippen LogP contribution in [0.3, 0.4) is 0 Å². The number of ether oxygens (including phenoxy) is 1. The first-order valence-electron chi connectivity index (χ1n) is 9.57. The Kier molecular flexibility index (Phi) is 8.72. The number of aliphatic imine (C=N–C) groups is 1. The number of nitrogens with one attached hydrogen (secondary N) is 2. The summed E-state index contributed by atoms with van der Waals surface area (Å²) in [6.07, 6.45) is 1.40. The second kappa shape index (κ2) is 11.0. The maximum absolute atomic E-state index is 12.2. The van der Waals surface area contributed by atoms with Crippen LogP contribution in [0.4, 0.5) is 0 Å². The molecule has 1 fully saturated rings. The molecular weight excluding hydrogens is 380 g/mol. The molecule has 0 unspecified atom stereocenters. The van der Waals surface area contributed by atoms with E-state index in [1.165, 1.54) is 7.11 Å². The second-order valence-corrected chi connectivity index (χ2v) is 8.57. The number of methoxy groups -OCH3 is 1. The lowest BCUT2D eigenvalue weighted by Gasteiger charge is -2.33. The van der Waals surface area contributed by atoms with Crippen LogP contribution in [-0.4, -0.2) is 64.3 Å². The van der Waals surface area contributed by atoms with Crippen molar-refractivity contribution in [1.82, 2.24) is 14.9 Å². The Morgan fingerprint density at radius 3 is 2.54 bits per heavy atom. The topological polar surface area (TPSA) is 100 Å². The quantitative estimate of drug-likeness (QED) is 0.376. The summed E-state index contributed by atoms with van der Waals surface area (Å²) in [5.74, 6) is 0.362. The van der Waals surface area contributed by atoms with Gasteiger partial charge in [0.25, 0.3) is 0 Å². The van der Waals surface area contributed by atoms with E-state index < -0.39 is 10.0 Å². The van der Waals surface area contributed by atoms with Crippen molar-refractivity contribution in [2.24, 2.45) is 10.9 Å². The number of guanidine groups is 1. The Labute approximate surface area is 167 Å². The fourth-order valence-corrected chi connectivity index (χ4v) is 3.92. The van der Waals surface area contributed by atoms with Crippen molar-refractivity contribution in [2.75, 3.05) is 39.0 Å². The van der Waals surface area contributed by atoms with Gasteiger partial charge in [0, 0.05) is 26.2 Å². The minimum absolute atomic E-state index is 0.0760. The first kappa shape index (κ1) is 22.2. The zero-order chi connectivity index (χ0) is 20.4. The molecule has 1 aromatic carbocycles. The predicted octanol–water partition coefficient (Wildman–Crippen LogP) is 0.957. The standard InChI is InChI=1S/C19H30N4O4S/c1-3-20-19(23-12-9-17(10-13-23)18(24)27-2)21-11-14-28(25,26)22-15-16-7-5-4-6-8-16/h4-8,17,22H,3,9-15H2,1-2H3,(H,20,21). The van der Waals surface area contributed by atoms with Crippen molar-refractivity contribution in [3.05, 3.63) is 35.9 Å². The maximum atomic E-state index is 12.2. The van der Waals surface area contributed by atoms with Crippen LogP contribution in [0.15, 0.2) is 35.3 Å². The molecule has 1 saturated heterocycles. The molecule has 0 aromatic heterocycles. The third-order valence-corrected chi connectivity index (χ3v) is 5.93. The van der Waals surface area contributed by atoms with E-state index in [1.54, 1.807) is 0 Å². The summed E-state index contributed by atoms with van der Waals surface area (Å²) in [7, 11) is -2.00. The molecule has 1 aliphatic rings. The molecule has 9 heteroatoms. The molecule has 0 saturated carbocycles. The number of rotatable bonds is 8. The van der Waals surface area contributed by atoms with E-state index in [0.717, 1.165) is 5.56 Å². The van der Waals surface area contributed by atoms with E-state index in [4.69, 9.17) is 4.74 Å². The first-order chi connectivity index (χ1) is 13.4. The summed E-state index contributed by atoms with van der Waals surface area (Å²) in [6, 6.07) is 9.40. The van der Waals surface area contributed by atoms with Gasteiger partial charge in [-0.1, -0.05) is 30.3 Å². The Morgan fingerprint density at radius 1 is 1.25 bits per heavy atom. The van der Waals surface area contributed by atoms with E-state index in [-0.39, 0.29) is 30.7 Å². The number of esters is 1. The van der Waals surface area contributed by atoms with Crippen LogP contribution in [0.2, 0.25) is 0 Å². The fraction of sp³-hybridized carbons (Fsp3) is 0.579. The number of carbonyl (C=O) groups excluding carboxylic acids is 1. The Bertz CT molecular complexity index is 744. The molecule has 0 bridgehead atoms. The molecule has 1 heterocycles. The number of benzene rings is 1. The van der Waals surface area contributed by atoms with Gasteiger partial charge in [-0.25, -0.2) is 13.1 Å². The number of hydrogen-bond donors (Lipinski definition) is 2. The zero-order valence-corrected chi connectivity index (χ0v) is 17.4. The molecule has 1 aromatic rings. The SMILES string of the molecule is CCNC(=NCCS(=O)(=O)NCc1ccccc1)N1CCC(C(=O)OC)CC1. The minimum Gasteiger partial charge on any atom is -0.469 e. The van der Waals surface area contributed by atoms with E-state index in [1.807, 2.05) is 37.3 Å². The third kappa shape index (κ3) is 7.12. The van der Waals surface area contributed by atoms with Gasteiger partial charge >= 0.3 is 5.97 Å². The fourth-order valence-electron chi connectivity index (χ4n) is 3.05. The molecule has 28 heavy (non-hydrogen) atoms. The lowest BCUT2D eigenvalue weighted by molar-refractivity contribution is -0.146. The van der Waals surface area contributed by atoms with Crippen LogP contribution >= 0.6 is 0 Å². The maximum Gasteiger partial charge on any atom is 0.308 e. The number of carbonyl (C=O) groups is 1. The highest BCUT2D eigenvalue weighted by Crippen LogP contribution is 2.18. The summed E-state index contributed by atoms with van der Waals surface area (Å²) in [6.45, 7) is 4.47. The smallest absolute Gasteiger partial charge is 0.308 e. The molecule has 8 nitrogen and oxygen atoms in total. The Morgan fingerprint density at radius 2 is 1.93 bits per heavy atom. The zero-order valence-electron chi connectivity index (χ0n) is 16.6. The molecular formula is C19H30N4O4S. The average molecular weight is 411 g/mol. The van der Waals surface area contributed by atoms with Gasteiger partial charge in [0.15, 0.2) is 5.96 Å². The average Bonchev–Trinajstić information content (AvgIpc) is 2.72. The predicted molar refractivity (Wildman–Crippen MR) is 109 cm³/mol. The normalized spacial score (nSPS) is 16.1. The summed E-state index contributed by atoms with van der Waals surface area (Å²) in [4.78, 5) is 18.2. The highest BCUT2D eigenvalue weighted by molar-refractivity contribution is 7.89. The number of likely N-dealkylation sites (tertiary alicyclic amines) is 1. The summed E-state index contributed by atoms with van der Waals surface area (Å²) < 4.78 is 31.8. The number of hydrogen-bond acceptors (Lipinski definition) is 5. The minimum atomic E-state index is -3.41. The molecule has 2 N–H and O–H groups in total. The number of sulfonamides is 1. The lowest BCUT2D eigenvalue weighted by atomic mass is 9.97. The van der Waals surface area contributed by atoms with Gasteiger partial charge < -0.3 is 15.0 Å². The summed E-state index contributed by atoms with van der Waals surface area (Å²) in [5.41, 5.74) is 0.913. The highest BCUT2D eigenvalue weighted by atomic mass is 32.2. The Hall–Kier alpha value is -2.13. The van der Waals surface area contributed by atoms with Gasteiger partial charge in [-0.2, -0.15) is 0 Å². The third-order valence-electron chi connectivity index (χ3n) is 4.62. The van der Waals surface area contributed by atoms with Crippen LogP contribution in [0.1, 0.15) is 25.3 Å². The molecule has 156 valence electrons. The van der Waals surface area contributed by atoms with Crippen molar-refractivity contribution < 1.29 is 17.9 Å². The van der Waals surface area contributed by atoms with Crippen LogP contribution < -0.4 is 10.0 Å². The van der Waals surface area contributed by atoms with Crippen molar-refractivity contribution in [1.29, 1.82) is 0 Å². The van der Waals surface area contributed by atoms with Gasteiger partial charge in [0.05, 0.1) is 25.3 Å². The van der Waals surface area contributed by atoms with Crippen molar-refractivity contribution in [2.45, 2.75) is 26.3 Å². The van der Waals surface area contributed by atoms with E-state index in [0.29, 0.717) is 38.4 Å². The highest BCUT2D eigenvalue weighted by Gasteiger charge is 2.27. The lowest BCUT2D eigenvalue weighted by Crippen LogP contribution is -2.47. The van der Waals surface area contributed by atoms with Crippen LogP contribution in [0, 0.1) is 5.92 Å². The monoisotopic (exact) mass is 410 g/mol. The largest absolute Gasteiger partial charge is 0.469 e. The second-order valence-electron chi connectivity index (χ2n) is 6.65.